The Morgan fingerprint density at radius 1 is 1.16 bits per heavy atom. The van der Waals surface area contributed by atoms with Crippen molar-refractivity contribution in [2.24, 2.45) is 0 Å². The van der Waals surface area contributed by atoms with Gasteiger partial charge >= 0.3 is 0 Å². The monoisotopic (exact) mass is 271 g/mol. The third-order valence-electron chi connectivity index (χ3n) is 2.81. The highest BCUT2D eigenvalue weighted by Gasteiger charge is 2.11. The van der Waals surface area contributed by atoms with E-state index in [1.165, 1.54) is 0 Å². The predicted octanol–water partition coefficient (Wildman–Crippen LogP) is 3.35. The minimum atomic E-state index is 0.513. The summed E-state index contributed by atoms with van der Waals surface area (Å²) in [6.07, 6.45) is 5.19. The highest BCUT2D eigenvalue weighted by Crippen LogP contribution is 2.32. The van der Waals surface area contributed by atoms with Crippen molar-refractivity contribution in [1.82, 2.24) is 15.0 Å². The summed E-state index contributed by atoms with van der Waals surface area (Å²) >= 11 is 6.42. The van der Waals surface area contributed by atoms with E-state index in [0.29, 0.717) is 16.4 Å². The van der Waals surface area contributed by atoms with Crippen LogP contribution in [0, 0.1) is 0 Å². The highest BCUT2D eigenvalue weighted by molar-refractivity contribution is 6.37. The lowest BCUT2D eigenvalue weighted by Gasteiger charge is -2.07. The van der Waals surface area contributed by atoms with Crippen LogP contribution in [0.5, 0.6) is 5.88 Å². The summed E-state index contributed by atoms with van der Waals surface area (Å²) in [4.78, 5) is 12.8. The van der Waals surface area contributed by atoms with Gasteiger partial charge in [0, 0.05) is 35.8 Å². The van der Waals surface area contributed by atoms with Crippen LogP contribution in [0.15, 0.2) is 42.9 Å². The van der Waals surface area contributed by atoms with Crippen molar-refractivity contribution >= 4 is 22.6 Å². The van der Waals surface area contributed by atoms with Crippen LogP contribution < -0.4 is 4.74 Å². The number of nitrogens with zero attached hydrogens (tertiary/aromatic N) is 3. The van der Waals surface area contributed by atoms with Gasteiger partial charge < -0.3 is 4.74 Å². The highest BCUT2D eigenvalue weighted by atomic mass is 35.5. The number of hydrogen-bond donors (Lipinski definition) is 0. The maximum absolute atomic E-state index is 6.42. The Morgan fingerprint density at radius 3 is 2.79 bits per heavy atom. The van der Waals surface area contributed by atoms with Crippen LogP contribution >= 0.6 is 11.6 Å². The van der Waals surface area contributed by atoms with Gasteiger partial charge in [0.1, 0.15) is 5.52 Å². The van der Waals surface area contributed by atoms with Crippen LogP contribution in [-0.2, 0) is 0 Å². The minimum absolute atomic E-state index is 0.513. The lowest BCUT2D eigenvalue weighted by Crippen LogP contribution is -1.92. The quantitative estimate of drug-likeness (QED) is 0.717. The molecule has 0 aliphatic heterocycles. The molecular formula is C14H10ClN3O. The molecule has 4 nitrogen and oxygen atoms in total. The van der Waals surface area contributed by atoms with E-state index in [-0.39, 0.29) is 0 Å². The van der Waals surface area contributed by atoms with Gasteiger partial charge in [-0.05, 0) is 12.1 Å². The molecule has 0 N–H and O–H groups in total. The molecule has 0 radical (unpaired) electrons. The first-order valence-corrected chi connectivity index (χ1v) is 6.07. The van der Waals surface area contributed by atoms with Gasteiger partial charge in [-0.2, -0.15) is 0 Å². The maximum Gasteiger partial charge on any atom is 0.213 e. The molecule has 0 saturated carbocycles. The van der Waals surface area contributed by atoms with Gasteiger partial charge in [0.25, 0.3) is 0 Å². The second-order valence-electron chi connectivity index (χ2n) is 3.95. The Morgan fingerprint density at radius 2 is 2.05 bits per heavy atom. The number of pyridine rings is 3. The average molecular weight is 272 g/mol. The van der Waals surface area contributed by atoms with E-state index < -0.39 is 0 Å². The summed E-state index contributed by atoms with van der Waals surface area (Å²) in [5.74, 6) is 0.513. The number of hydrogen-bond acceptors (Lipinski definition) is 4. The van der Waals surface area contributed by atoms with Gasteiger partial charge in [-0.1, -0.05) is 17.7 Å². The molecule has 0 aromatic carbocycles. The molecule has 0 aliphatic carbocycles. The molecule has 0 aliphatic rings. The van der Waals surface area contributed by atoms with Crippen LogP contribution in [-0.4, -0.2) is 22.1 Å². The summed E-state index contributed by atoms with van der Waals surface area (Å²) < 4.78 is 5.11. The van der Waals surface area contributed by atoms with E-state index in [1.54, 1.807) is 31.8 Å². The van der Waals surface area contributed by atoms with Gasteiger partial charge in [0.2, 0.25) is 5.88 Å². The van der Waals surface area contributed by atoms with Crippen LogP contribution in [0.4, 0.5) is 0 Å². The Labute approximate surface area is 115 Å². The normalized spacial score (nSPS) is 10.6. The summed E-state index contributed by atoms with van der Waals surface area (Å²) in [6, 6.07) is 7.38. The molecule has 0 amide bonds. The molecule has 0 saturated heterocycles. The van der Waals surface area contributed by atoms with Gasteiger partial charge in [-0.15, -0.1) is 0 Å². The van der Waals surface area contributed by atoms with Crippen molar-refractivity contribution < 1.29 is 4.74 Å². The van der Waals surface area contributed by atoms with Crippen LogP contribution in [0.2, 0.25) is 5.02 Å². The number of fused-ring (bicyclic) bond motifs is 1. The lowest BCUT2D eigenvalue weighted by molar-refractivity contribution is 0.399. The van der Waals surface area contributed by atoms with E-state index in [0.717, 1.165) is 16.6 Å². The maximum atomic E-state index is 6.42. The summed E-state index contributed by atoms with van der Waals surface area (Å²) in [6.45, 7) is 0. The number of ether oxygens (including phenoxy) is 1. The first kappa shape index (κ1) is 11.9. The number of halogens is 1. The van der Waals surface area contributed by atoms with E-state index in [1.807, 2.05) is 18.2 Å². The first-order chi connectivity index (χ1) is 9.29. The van der Waals surface area contributed by atoms with Gasteiger partial charge in [-0.25, -0.2) is 4.98 Å². The molecule has 0 atom stereocenters. The summed E-state index contributed by atoms with van der Waals surface area (Å²) in [5.41, 5.74) is 3.08. The molecule has 3 rings (SSSR count). The SMILES string of the molecule is COc1ccc2ncc(-c3cccnc3)c(Cl)c2n1. The topological polar surface area (TPSA) is 47.9 Å². The van der Waals surface area contributed by atoms with Crippen molar-refractivity contribution in [3.05, 3.63) is 47.9 Å². The smallest absolute Gasteiger partial charge is 0.213 e. The molecule has 0 unspecified atom stereocenters. The first-order valence-electron chi connectivity index (χ1n) is 5.69. The second-order valence-corrected chi connectivity index (χ2v) is 4.33. The van der Waals surface area contributed by atoms with Crippen LogP contribution in [0.1, 0.15) is 0 Å². The molecule has 19 heavy (non-hydrogen) atoms. The summed E-state index contributed by atoms with van der Waals surface area (Å²) in [5, 5.41) is 0.553. The number of methoxy groups -OCH3 is 1. The zero-order valence-electron chi connectivity index (χ0n) is 10.2. The fourth-order valence-electron chi connectivity index (χ4n) is 1.85. The fraction of sp³-hybridized carbons (Fsp3) is 0.0714. The molecule has 0 fully saturated rings. The van der Waals surface area contributed by atoms with Crippen molar-refractivity contribution in [2.75, 3.05) is 7.11 Å². The molecule has 0 spiro atoms. The van der Waals surface area contributed by atoms with Crippen molar-refractivity contribution in [3.63, 3.8) is 0 Å². The van der Waals surface area contributed by atoms with Gasteiger partial charge in [0.15, 0.2) is 0 Å². The molecular weight excluding hydrogens is 262 g/mol. The molecule has 0 bridgehead atoms. The number of aromatic nitrogens is 3. The standard InChI is InChI=1S/C14H10ClN3O/c1-19-12-5-4-11-14(18-12)13(15)10(8-17-11)9-3-2-6-16-7-9/h2-8H,1H3. The lowest BCUT2D eigenvalue weighted by atomic mass is 10.1. The number of rotatable bonds is 2. The third kappa shape index (κ3) is 2.11. The zero-order chi connectivity index (χ0) is 13.2. The predicted molar refractivity (Wildman–Crippen MR) is 74.3 cm³/mol. The Hall–Kier alpha value is -2.20. The average Bonchev–Trinajstić information content (AvgIpc) is 2.48. The van der Waals surface area contributed by atoms with Crippen LogP contribution in [0.3, 0.4) is 0 Å². The Kier molecular flexibility index (Phi) is 3.01. The van der Waals surface area contributed by atoms with Crippen molar-refractivity contribution in [2.45, 2.75) is 0 Å². The molecule has 3 heterocycles. The summed E-state index contributed by atoms with van der Waals surface area (Å²) in [7, 11) is 1.57. The van der Waals surface area contributed by atoms with E-state index in [4.69, 9.17) is 16.3 Å². The van der Waals surface area contributed by atoms with Gasteiger partial charge in [0.05, 0.1) is 17.6 Å². The molecule has 3 aromatic rings. The largest absolute Gasteiger partial charge is 0.481 e. The minimum Gasteiger partial charge on any atom is -0.481 e. The molecule has 3 aromatic heterocycles. The van der Waals surface area contributed by atoms with Crippen LogP contribution in [0.25, 0.3) is 22.2 Å². The van der Waals surface area contributed by atoms with E-state index in [2.05, 4.69) is 15.0 Å². The Bertz CT molecular complexity index is 731. The van der Waals surface area contributed by atoms with Crippen molar-refractivity contribution in [3.8, 4) is 17.0 Å². The Balaban J connectivity index is 2.25. The third-order valence-corrected chi connectivity index (χ3v) is 3.19. The molecule has 94 valence electrons. The van der Waals surface area contributed by atoms with E-state index >= 15 is 0 Å². The van der Waals surface area contributed by atoms with Gasteiger partial charge in [-0.3, -0.25) is 9.97 Å². The molecule has 5 heteroatoms. The zero-order valence-corrected chi connectivity index (χ0v) is 10.9. The van der Waals surface area contributed by atoms with Crippen molar-refractivity contribution in [1.29, 1.82) is 0 Å². The second kappa shape index (κ2) is 4.82. The van der Waals surface area contributed by atoms with E-state index in [9.17, 15) is 0 Å². The fourth-order valence-corrected chi connectivity index (χ4v) is 2.15.